The summed E-state index contributed by atoms with van der Waals surface area (Å²) in [5.41, 5.74) is 1.71. The Bertz CT molecular complexity index is 1400. The molecule has 2 heterocycles. The third kappa shape index (κ3) is 4.80. The van der Waals surface area contributed by atoms with E-state index in [1.165, 1.54) is 6.07 Å². The number of fused-ring (bicyclic) bond motifs is 1. The van der Waals surface area contributed by atoms with Crippen molar-refractivity contribution in [2.24, 2.45) is 5.41 Å². The lowest BCUT2D eigenvalue weighted by Gasteiger charge is -2.40. The molecule has 194 valence electrons. The summed E-state index contributed by atoms with van der Waals surface area (Å²) in [6, 6.07) is 8.28. The number of carbonyl (C=O) groups is 2. The molecule has 1 aliphatic carbocycles. The molecule has 1 atom stereocenters. The van der Waals surface area contributed by atoms with Crippen molar-refractivity contribution >= 4 is 23.2 Å². The fourth-order valence-corrected chi connectivity index (χ4v) is 5.28. The molecule has 5 rings (SSSR count). The molecule has 1 aromatic heterocycles. The molecule has 6 nitrogen and oxygen atoms in total. The zero-order chi connectivity index (χ0) is 26.5. The number of hydrogen-bond acceptors (Lipinski definition) is 6. The van der Waals surface area contributed by atoms with Crippen molar-refractivity contribution in [1.82, 2.24) is 10.1 Å². The number of nitrogens with zero attached hydrogens (tertiary/aromatic N) is 2. The van der Waals surface area contributed by atoms with Gasteiger partial charge in [0, 0.05) is 24.8 Å². The van der Waals surface area contributed by atoms with Crippen molar-refractivity contribution in [3.63, 3.8) is 0 Å². The molecule has 0 bridgehead atoms. The van der Waals surface area contributed by atoms with Crippen molar-refractivity contribution in [1.29, 1.82) is 0 Å². The predicted octanol–water partition coefficient (Wildman–Crippen LogP) is 6.03. The molecule has 0 amide bonds. The van der Waals surface area contributed by atoms with Gasteiger partial charge in [-0.3, -0.25) is 9.59 Å². The van der Waals surface area contributed by atoms with Gasteiger partial charge >= 0.3 is 6.18 Å². The van der Waals surface area contributed by atoms with Gasteiger partial charge in [0.25, 0.3) is 0 Å². The van der Waals surface area contributed by atoms with Gasteiger partial charge in [0.15, 0.2) is 0 Å². The minimum absolute atomic E-state index is 0.0139. The number of aryl methyl sites for hydroxylation is 2. The van der Waals surface area contributed by atoms with Gasteiger partial charge in [0.05, 0.1) is 24.2 Å². The first-order chi connectivity index (χ1) is 17.5. The predicted molar refractivity (Wildman–Crippen MR) is 124 cm³/mol. The summed E-state index contributed by atoms with van der Waals surface area (Å²) in [6.45, 7) is 1.22. The summed E-state index contributed by atoms with van der Waals surface area (Å²) in [5.74, 6) is -2.75. The molecule has 0 radical (unpaired) electrons. The van der Waals surface area contributed by atoms with Crippen LogP contribution >= 0.6 is 11.6 Å². The van der Waals surface area contributed by atoms with Crippen LogP contribution in [0.2, 0.25) is 5.02 Å². The molecule has 1 aliphatic heterocycles. The van der Waals surface area contributed by atoms with Gasteiger partial charge in [-0.05, 0) is 53.1 Å². The second kappa shape index (κ2) is 9.33. The molecule has 0 spiro atoms. The second-order valence-electron chi connectivity index (χ2n) is 9.59. The molecule has 11 heteroatoms. The van der Waals surface area contributed by atoms with Gasteiger partial charge < -0.3 is 9.26 Å². The Kier molecular flexibility index (Phi) is 6.44. The summed E-state index contributed by atoms with van der Waals surface area (Å²) in [4.78, 5) is 28.8. The van der Waals surface area contributed by atoms with Gasteiger partial charge in [-0.25, -0.2) is 4.39 Å². The van der Waals surface area contributed by atoms with Gasteiger partial charge in [0.1, 0.15) is 11.6 Å². The highest BCUT2D eigenvalue weighted by molar-refractivity contribution is 6.31. The smallest absolute Gasteiger partial charge is 0.379 e. The SMILES string of the molecule is Cc1nc(-c2c(F)cc(Cl)cc2-c2ccc3c(c2)CC[C@@H]3CC(=O)C2(CC(=O)C(F)(F)F)COC2)no1. The number of carbonyl (C=O) groups excluding carboxylic acids is 2. The normalized spacial score (nSPS) is 18.4. The van der Waals surface area contributed by atoms with Crippen LogP contribution in [0.15, 0.2) is 34.9 Å². The third-order valence-electron chi connectivity index (χ3n) is 7.06. The number of aromatic nitrogens is 2. The highest BCUT2D eigenvalue weighted by Gasteiger charge is 2.52. The summed E-state index contributed by atoms with van der Waals surface area (Å²) < 4.78 is 63.5. The van der Waals surface area contributed by atoms with E-state index in [0.29, 0.717) is 24.0 Å². The highest BCUT2D eigenvalue weighted by Crippen LogP contribution is 2.44. The van der Waals surface area contributed by atoms with E-state index >= 15 is 0 Å². The van der Waals surface area contributed by atoms with Crippen LogP contribution in [0.3, 0.4) is 0 Å². The van der Waals surface area contributed by atoms with Crippen LogP contribution in [0.1, 0.15) is 42.2 Å². The van der Waals surface area contributed by atoms with E-state index in [1.807, 2.05) is 12.1 Å². The standard InChI is InChI=1S/C26H21ClF4N2O4/c1-13-32-24(33-37-13)23-19(8-17(27)9-20(23)28)15-4-5-18-14(6-15)2-3-16(18)7-21(34)25(11-36-12-25)10-22(35)26(29,30)31/h4-6,8-9,16H,2-3,7,10-12H2,1H3/t16-/m1/s1. The number of benzene rings is 2. The van der Waals surface area contributed by atoms with Crippen molar-refractivity contribution < 1.29 is 36.4 Å². The van der Waals surface area contributed by atoms with E-state index in [4.69, 9.17) is 20.9 Å². The lowest BCUT2D eigenvalue weighted by atomic mass is 9.73. The fourth-order valence-electron chi connectivity index (χ4n) is 5.07. The van der Waals surface area contributed by atoms with E-state index in [0.717, 1.165) is 11.1 Å². The molecule has 2 aromatic carbocycles. The van der Waals surface area contributed by atoms with Crippen molar-refractivity contribution in [2.45, 2.75) is 44.7 Å². The van der Waals surface area contributed by atoms with Crippen LogP contribution < -0.4 is 0 Å². The van der Waals surface area contributed by atoms with Crippen molar-refractivity contribution in [3.8, 4) is 22.5 Å². The zero-order valence-electron chi connectivity index (χ0n) is 19.6. The van der Waals surface area contributed by atoms with Crippen LogP contribution in [0, 0.1) is 18.2 Å². The maximum atomic E-state index is 14.9. The number of alkyl halides is 3. The lowest BCUT2D eigenvalue weighted by molar-refractivity contribution is -0.186. The molecule has 2 aliphatic rings. The maximum absolute atomic E-state index is 14.9. The number of halogens is 5. The van der Waals surface area contributed by atoms with Crippen molar-refractivity contribution in [3.05, 3.63) is 58.2 Å². The minimum atomic E-state index is -4.99. The third-order valence-corrected chi connectivity index (χ3v) is 7.28. The number of hydrogen-bond donors (Lipinski definition) is 0. The van der Waals surface area contributed by atoms with Gasteiger partial charge in [0.2, 0.25) is 17.5 Å². The van der Waals surface area contributed by atoms with Crippen LogP contribution in [0.25, 0.3) is 22.5 Å². The summed E-state index contributed by atoms with van der Waals surface area (Å²) in [5, 5.41) is 4.04. The molecule has 3 aromatic rings. The van der Waals surface area contributed by atoms with E-state index in [2.05, 4.69) is 10.1 Å². The molecular weight excluding hydrogens is 516 g/mol. The zero-order valence-corrected chi connectivity index (χ0v) is 20.4. The molecular formula is C26H21ClF4N2O4. The van der Waals surface area contributed by atoms with E-state index in [-0.39, 0.29) is 47.9 Å². The van der Waals surface area contributed by atoms with Crippen LogP contribution in [-0.2, 0) is 20.7 Å². The van der Waals surface area contributed by atoms with Gasteiger partial charge in [-0.1, -0.05) is 35.0 Å². The number of ether oxygens (including phenoxy) is 1. The average molecular weight is 537 g/mol. The average Bonchev–Trinajstić information content (AvgIpc) is 3.40. The monoisotopic (exact) mass is 536 g/mol. The van der Waals surface area contributed by atoms with E-state index in [9.17, 15) is 27.2 Å². The summed E-state index contributed by atoms with van der Waals surface area (Å²) in [7, 11) is 0. The Morgan fingerprint density at radius 1 is 1.19 bits per heavy atom. The molecule has 0 saturated carbocycles. The maximum Gasteiger partial charge on any atom is 0.450 e. The number of ketones is 2. The topological polar surface area (TPSA) is 82.3 Å². The first-order valence-corrected chi connectivity index (χ1v) is 12.0. The second-order valence-corrected chi connectivity index (χ2v) is 10.0. The highest BCUT2D eigenvalue weighted by atomic mass is 35.5. The van der Waals surface area contributed by atoms with E-state index in [1.54, 1.807) is 19.1 Å². The number of Topliss-reactive ketones (excluding diaryl/α,β-unsaturated/α-hetero) is 2. The molecule has 1 saturated heterocycles. The molecule has 0 unspecified atom stereocenters. The lowest BCUT2D eigenvalue weighted by Crippen LogP contribution is -2.52. The largest absolute Gasteiger partial charge is 0.450 e. The number of rotatable bonds is 7. The van der Waals surface area contributed by atoms with Crippen molar-refractivity contribution in [2.75, 3.05) is 13.2 Å². The molecule has 37 heavy (non-hydrogen) atoms. The quantitative estimate of drug-likeness (QED) is 0.343. The molecule has 0 N–H and O–H groups in total. The van der Waals surface area contributed by atoms with E-state index < -0.39 is 35.4 Å². The Morgan fingerprint density at radius 2 is 1.95 bits per heavy atom. The van der Waals surface area contributed by atoms with Gasteiger partial charge in [-0.2, -0.15) is 18.2 Å². The first kappa shape index (κ1) is 25.5. The van der Waals surface area contributed by atoms with Crippen LogP contribution in [0.5, 0.6) is 0 Å². The Labute approximate surface area is 214 Å². The molecule has 1 fully saturated rings. The Hall–Kier alpha value is -3.11. The first-order valence-electron chi connectivity index (χ1n) is 11.6. The summed E-state index contributed by atoms with van der Waals surface area (Å²) in [6.07, 6.45) is -4.62. The Morgan fingerprint density at radius 3 is 2.57 bits per heavy atom. The summed E-state index contributed by atoms with van der Waals surface area (Å²) >= 11 is 6.14. The minimum Gasteiger partial charge on any atom is -0.379 e. The van der Waals surface area contributed by atoms with Gasteiger partial charge in [-0.15, -0.1) is 0 Å². The van der Waals surface area contributed by atoms with Crippen LogP contribution in [-0.4, -0.2) is 41.1 Å². The fraction of sp³-hybridized carbons (Fsp3) is 0.385. The van der Waals surface area contributed by atoms with Crippen LogP contribution in [0.4, 0.5) is 17.6 Å². The Balaban J connectivity index is 1.41.